The highest BCUT2D eigenvalue weighted by molar-refractivity contribution is 7.22. The van der Waals surface area contributed by atoms with Gasteiger partial charge in [-0.2, -0.15) is 5.26 Å². The molecule has 1 N–H and O–H groups in total. The molecule has 0 bridgehead atoms. The van der Waals surface area contributed by atoms with Gasteiger partial charge in [0.05, 0.1) is 27.7 Å². The summed E-state index contributed by atoms with van der Waals surface area (Å²) >= 11 is 7.45. The predicted octanol–water partition coefficient (Wildman–Crippen LogP) is 5.02. The lowest BCUT2D eigenvalue weighted by atomic mass is 10.1. The van der Waals surface area contributed by atoms with Crippen LogP contribution in [-0.4, -0.2) is 15.0 Å². The molecule has 0 aliphatic rings. The first-order valence-electron chi connectivity index (χ1n) is 7.38. The lowest BCUT2D eigenvalue weighted by Crippen LogP contribution is -2.00. The number of benzene rings is 2. The van der Waals surface area contributed by atoms with Gasteiger partial charge < -0.3 is 0 Å². The van der Waals surface area contributed by atoms with Crippen LogP contribution < -0.4 is 5.32 Å². The number of rotatable bonds is 3. The van der Waals surface area contributed by atoms with Crippen LogP contribution in [0, 0.1) is 11.3 Å². The molecule has 0 saturated heterocycles. The SMILES string of the molecule is N#Cc1cnc(Nc2nc3ccccc3s2)nc1-c1ccc(Cl)cc1. The van der Waals surface area contributed by atoms with E-state index in [9.17, 15) is 5.26 Å². The number of para-hydroxylation sites is 1. The molecule has 120 valence electrons. The molecule has 0 spiro atoms. The summed E-state index contributed by atoms with van der Waals surface area (Å²) in [6, 6.07) is 17.2. The number of nitrogens with one attached hydrogen (secondary N) is 1. The quantitative estimate of drug-likeness (QED) is 0.553. The fourth-order valence-electron chi connectivity index (χ4n) is 2.37. The number of fused-ring (bicyclic) bond motifs is 1. The van der Waals surface area contributed by atoms with Gasteiger partial charge in [0.2, 0.25) is 5.95 Å². The van der Waals surface area contributed by atoms with E-state index < -0.39 is 0 Å². The number of thiazole rings is 1. The molecule has 25 heavy (non-hydrogen) atoms. The van der Waals surface area contributed by atoms with Crippen LogP contribution >= 0.6 is 22.9 Å². The van der Waals surface area contributed by atoms with Gasteiger partial charge in [-0.25, -0.2) is 15.0 Å². The average Bonchev–Trinajstić information content (AvgIpc) is 3.04. The Morgan fingerprint density at radius 2 is 1.84 bits per heavy atom. The minimum absolute atomic E-state index is 0.392. The van der Waals surface area contributed by atoms with E-state index in [2.05, 4.69) is 26.3 Å². The normalized spacial score (nSPS) is 10.6. The van der Waals surface area contributed by atoms with Gasteiger partial charge in [-0.1, -0.05) is 47.2 Å². The van der Waals surface area contributed by atoms with Gasteiger partial charge in [-0.05, 0) is 24.3 Å². The second-order valence-corrected chi connectivity index (χ2v) is 6.65. The molecule has 5 nitrogen and oxygen atoms in total. The van der Waals surface area contributed by atoms with Crippen LogP contribution in [-0.2, 0) is 0 Å². The van der Waals surface area contributed by atoms with Gasteiger partial charge in [-0.3, -0.25) is 5.32 Å². The summed E-state index contributed by atoms with van der Waals surface area (Å²) in [4.78, 5) is 13.2. The van der Waals surface area contributed by atoms with Crippen molar-refractivity contribution in [2.24, 2.45) is 0 Å². The molecule has 0 radical (unpaired) electrons. The second-order valence-electron chi connectivity index (χ2n) is 5.19. The first-order valence-corrected chi connectivity index (χ1v) is 8.58. The number of nitriles is 1. The monoisotopic (exact) mass is 363 g/mol. The van der Waals surface area contributed by atoms with Gasteiger partial charge in [0.25, 0.3) is 0 Å². The molecule has 4 rings (SSSR count). The summed E-state index contributed by atoms with van der Waals surface area (Å²) in [6.45, 7) is 0. The van der Waals surface area contributed by atoms with E-state index in [1.165, 1.54) is 17.5 Å². The highest BCUT2D eigenvalue weighted by Crippen LogP contribution is 2.28. The van der Waals surface area contributed by atoms with Crippen molar-refractivity contribution in [3.63, 3.8) is 0 Å². The minimum Gasteiger partial charge on any atom is -0.300 e. The molecule has 0 aliphatic carbocycles. The second kappa shape index (κ2) is 6.48. The zero-order valence-corrected chi connectivity index (χ0v) is 14.3. The Morgan fingerprint density at radius 1 is 1.04 bits per heavy atom. The van der Waals surface area contributed by atoms with Crippen LogP contribution in [0.5, 0.6) is 0 Å². The maximum Gasteiger partial charge on any atom is 0.229 e. The smallest absolute Gasteiger partial charge is 0.229 e. The van der Waals surface area contributed by atoms with Crippen LogP contribution in [0.4, 0.5) is 11.1 Å². The molecule has 0 saturated carbocycles. The lowest BCUT2D eigenvalue weighted by Gasteiger charge is -2.06. The standard InChI is InChI=1S/C18H10ClN5S/c19-13-7-5-11(6-8-13)16-12(9-20)10-21-17(23-16)24-18-22-14-3-1-2-4-15(14)25-18/h1-8,10H,(H,21,22,23,24). The van der Waals surface area contributed by atoms with Crippen molar-refractivity contribution >= 4 is 44.2 Å². The number of hydrogen-bond acceptors (Lipinski definition) is 6. The van der Waals surface area contributed by atoms with Crippen molar-refractivity contribution in [3.8, 4) is 17.3 Å². The van der Waals surface area contributed by atoms with Gasteiger partial charge >= 0.3 is 0 Å². The van der Waals surface area contributed by atoms with E-state index in [1.807, 2.05) is 36.4 Å². The first-order chi connectivity index (χ1) is 12.2. The summed E-state index contributed by atoms with van der Waals surface area (Å²) in [5.41, 5.74) is 2.67. The maximum absolute atomic E-state index is 9.32. The van der Waals surface area contributed by atoms with Crippen LogP contribution in [0.3, 0.4) is 0 Å². The number of nitrogens with zero attached hydrogens (tertiary/aromatic N) is 4. The van der Waals surface area contributed by atoms with E-state index in [1.54, 1.807) is 12.1 Å². The summed E-state index contributed by atoms with van der Waals surface area (Å²) < 4.78 is 1.08. The largest absolute Gasteiger partial charge is 0.300 e. The molecule has 7 heteroatoms. The van der Waals surface area contributed by atoms with Gasteiger partial charge in [0.1, 0.15) is 6.07 Å². The van der Waals surface area contributed by atoms with E-state index in [0.29, 0.717) is 27.4 Å². The minimum atomic E-state index is 0.392. The number of halogens is 1. The Bertz CT molecular complexity index is 1070. The Balaban J connectivity index is 1.72. The molecule has 2 heterocycles. The van der Waals surface area contributed by atoms with Crippen LogP contribution in [0.1, 0.15) is 5.56 Å². The van der Waals surface area contributed by atoms with Crippen molar-refractivity contribution in [1.82, 2.24) is 15.0 Å². The molecular weight excluding hydrogens is 354 g/mol. The zero-order chi connectivity index (χ0) is 17.2. The molecule has 0 unspecified atom stereocenters. The van der Waals surface area contributed by atoms with E-state index in [4.69, 9.17) is 11.6 Å². The van der Waals surface area contributed by atoms with Crippen LogP contribution in [0.2, 0.25) is 5.02 Å². The highest BCUT2D eigenvalue weighted by atomic mass is 35.5. The van der Waals surface area contributed by atoms with Crippen molar-refractivity contribution in [2.45, 2.75) is 0 Å². The van der Waals surface area contributed by atoms with Crippen molar-refractivity contribution in [2.75, 3.05) is 5.32 Å². The van der Waals surface area contributed by atoms with Crippen molar-refractivity contribution in [1.29, 1.82) is 5.26 Å². The Kier molecular flexibility index (Phi) is 4.02. The molecule has 2 aromatic carbocycles. The van der Waals surface area contributed by atoms with E-state index in [-0.39, 0.29) is 0 Å². The van der Waals surface area contributed by atoms with Gasteiger partial charge in [0, 0.05) is 10.6 Å². The van der Waals surface area contributed by atoms with Crippen LogP contribution in [0.15, 0.2) is 54.7 Å². The third-order valence-corrected chi connectivity index (χ3v) is 4.74. The molecular formula is C18H10ClN5S. The molecule has 0 fully saturated rings. The Labute approximate surface area is 152 Å². The molecule has 0 amide bonds. The summed E-state index contributed by atoms with van der Waals surface area (Å²) in [5.74, 6) is 0.392. The van der Waals surface area contributed by atoms with Crippen LogP contribution in [0.25, 0.3) is 21.5 Å². The number of anilines is 2. The topological polar surface area (TPSA) is 74.5 Å². The number of hydrogen-bond donors (Lipinski definition) is 1. The van der Waals surface area contributed by atoms with Crippen molar-refractivity contribution in [3.05, 3.63) is 65.3 Å². The van der Waals surface area contributed by atoms with Gasteiger partial charge in [0.15, 0.2) is 5.13 Å². The number of aromatic nitrogens is 3. The zero-order valence-electron chi connectivity index (χ0n) is 12.8. The average molecular weight is 364 g/mol. The third-order valence-electron chi connectivity index (χ3n) is 3.54. The fraction of sp³-hybridized carbons (Fsp3) is 0. The summed E-state index contributed by atoms with van der Waals surface area (Å²) in [7, 11) is 0. The lowest BCUT2D eigenvalue weighted by molar-refractivity contribution is 1.15. The van der Waals surface area contributed by atoms with Crippen molar-refractivity contribution < 1.29 is 0 Å². The summed E-state index contributed by atoms with van der Waals surface area (Å²) in [5, 5.41) is 13.8. The molecule has 2 aromatic heterocycles. The fourth-order valence-corrected chi connectivity index (χ4v) is 3.36. The Hall–Kier alpha value is -3.01. The Morgan fingerprint density at radius 3 is 2.60 bits per heavy atom. The summed E-state index contributed by atoms with van der Waals surface area (Å²) in [6.07, 6.45) is 1.51. The van der Waals surface area contributed by atoms with E-state index in [0.717, 1.165) is 15.8 Å². The van der Waals surface area contributed by atoms with E-state index >= 15 is 0 Å². The molecule has 0 atom stereocenters. The first kappa shape index (κ1) is 15.5. The van der Waals surface area contributed by atoms with Gasteiger partial charge in [-0.15, -0.1) is 0 Å². The molecule has 4 aromatic rings. The molecule has 0 aliphatic heterocycles. The maximum atomic E-state index is 9.32. The predicted molar refractivity (Wildman–Crippen MR) is 100 cm³/mol. The highest BCUT2D eigenvalue weighted by Gasteiger charge is 2.11. The third kappa shape index (κ3) is 3.15.